The Morgan fingerprint density at radius 3 is 2.86 bits per heavy atom. The van der Waals surface area contributed by atoms with Gasteiger partial charge in [0.15, 0.2) is 5.76 Å². The molecule has 0 saturated carbocycles. The molecule has 1 unspecified atom stereocenters. The van der Waals surface area contributed by atoms with Gasteiger partial charge >= 0.3 is 0 Å². The predicted molar refractivity (Wildman–Crippen MR) is 110 cm³/mol. The fourth-order valence-electron chi connectivity index (χ4n) is 3.74. The van der Waals surface area contributed by atoms with Gasteiger partial charge in [0, 0.05) is 24.0 Å². The van der Waals surface area contributed by atoms with Gasteiger partial charge in [0.05, 0.1) is 5.02 Å². The molecule has 5 nitrogen and oxygen atoms in total. The lowest BCUT2D eigenvalue weighted by atomic mass is 10.1. The van der Waals surface area contributed by atoms with Crippen LogP contribution in [0.4, 0.5) is 0 Å². The molecule has 1 aliphatic rings. The number of nitrogens with one attached hydrogen (secondary N) is 1. The summed E-state index contributed by atoms with van der Waals surface area (Å²) in [4.78, 5) is 15.1. The van der Waals surface area contributed by atoms with Gasteiger partial charge in [-0.3, -0.25) is 4.79 Å². The fraction of sp³-hybridized carbons (Fsp3) is 0.318. The third-order valence-electron chi connectivity index (χ3n) is 5.17. The first kappa shape index (κ1) is 18.8. The summed E-state index contributed by atoms with van der Waals surface area (Å²) in [5.74, 6) is 1.34. The summed E-state index contributed by atoms with van der Waals surface area (Å²) >= 11 is 6.20. The van der Waals surface area contributed by atoms with Gasteiger partial charge in [-0.25, -0.2) is 0 Å². The molecule has 1 aliphatic heterocycles. The van der Waals surface area contributed by atoms with Gasteiger partial charge in [-0.2, -0.15) is 0 Å². The van der Waals surface area contributed by atoms with E-state index in [1.807, 2.05) is 54.4 Å². The van der Waals surface area contributed by atoms with Gasteiger partial charge in [0.25, 0.3) is 5.91 Å². The molecular formula is C22H23ClN2O3. The zero-order valence-corrected chi connectivity index (χ0v) is 16.5. The van der Waals surface area contributed by atoms with Crippen LogP contribution in [-0.4, -0.2) is 37.5 Å². The highest BCUT2D eigenvalue weighted by Gasteiger charge is 2.31. The molecule has 1 N–H and O–H groups in total. The minimum Gasteiger partial charge on any atom is -0.487 e. The number of amides is 1. The van der Waals surface area contributed by atoms with E-state index in [0.717, 1.165) is 37.0 Å². The van der Waals surface area contributed by atoms with Gasteiger partial charge in [-0.05, 0) is 44.1 Å². The quantitative estimate of drug-likeness (QED) is 0.670. The summed E-state index contributed by atoms with van der Waals surface area (Å²) in [5.41, 5.74) is 1.45. The van der Waals surface area contributed by atoms with Crippen molar-refractivity contribution < 1.29 is 13.9 Å². The Morgan fingerprint density at radius 1 is 1.25 bits per heavy atom. The molecule has 2 heterocycles. The van der Waals surface area contributed by atoms with Crippen molar-refractivity contribution in [2.75, 3.05) is 26.7 Å². The van der Waals surface area contributed by atoms with Crippen molar-refractivity contribution in [3.8, 4) is 5.75 Å². The number of hydrogen-bond acceptors (Lipinski definition) is 4. The smallest absolute Gasteiger partial charge is 0.290 e. The molecule has 0 radical (unpaired) electrons. The average molecular weight is 399 g/mol. The van der Waals surface area contributed by atoms with E-state index in [1.54, 1.807) is 6.07 Å². The molecule has 4 rings (SSSR count). The SMILES string of the molecule is CNCC1CCN(C(=O)c2oc3ccccc3c2COc2ccccc2Cl)C1. The summed E-state index contributed by atoms with van der Waals surface area (Å²) in [6, 6.07) is 15.0. The normalized spacial score (nSPS) is 16.6. The van der Waals surface area contributed by atoms with Crippen molar-refractivity contribution in [2.24, 2.45) is 5.92 Å². The number of nitrogens with zero attached hydrogens (tertiary/aromatic N) is 1. The van der Waals surface area contributed by atoms with Gasteiger partial charge in [-0.1, -0.05) is 41.9 Å². The van der Waals surface area contributed by atoms with E-state index in [2.05, 4.69) is 5.32 Å². The van der Waals surface area contributed by atoms with E-state index in [9.17, 15) is 4.79 Å². The number of rotatable bonds is 6. The number of halogens is 1. The Balaban J connectivity index is 1.62. The van der Waals surface area contributed by atoms with Crippen molar-refractivity contribution >= 4 is 28.5 Å². The first-order chi connectivity index (χ1) is 13.7. The van der Waals surface area contributed by atoms with E-state index >= 15 is 0 Å². The first-order valence-corrected chi connectivity index (χ1v) is 9.86. The monoisotopic (exact) mass is 398 g/mol. The van der Waals surface area contributed by atoms with Crippen LogP contribution >= 0.6 is 11.6 Å². The van der Waals surface area contributed by atoms with E-state index in [1.165, 1.54) is 0 Å². The number of para-hydroxylation sites is 2. The molecule has 0 aliphatic carbocycles. The molecule has 0 spiro atoms. The summed E-state index contributed by atoms with van der Waals surface area (Å²) in [6.07, 6.45) is 0.998. The van der Waals surface area contributed by atoms with Crippen LogP contribution in [0.2, 0.25) is 5.02 Å². The largest absolute Gasteiger partial charge is 0.487 e. The van der Waals surface area contributed by atoms with Crippen LogP contribution in [0.5, 0.6) is 5.75 Å². The standard InChI is InChI=1S/C22H23ClN2O3/c1-24-12-15-10-11-25(13-15)22(26)21-17(16-6-2-4-8-19(16)28-21)14-27-20-9-5-3-7-18(20)23/h2-9,15,24H,10-14H2,1H3. The summed E-state index contributed by atoms with van der Waals surface area (Å²) in [6.45, 7) is 2.61. The number of carbonyl (C=O) groups excluding carboxylic acids is 1. The molecular weight excluding hydrogens is 376 g/mol. The van der Waals surface area contributed by atoms with E-state index in [4.69, 9.17) is 20.8 Å². The predicted octanol–water partition coefficient (Wildman–Crippen LogP) is 4.35. The lowest BCUT2D eigenvalue weighted by Crippen LogP contribution is -2.30. The Kier molecular flexibility index (Phi) is 5.55. The molecule has 1 amide bonds. The minimum atomic E-state index is -0.0763. The molecule has 1 atom stereocenters. The number of fused-ring (bicyclic) bond motifs is 1. The van der Waals surface area contributed by atoms with Crippen LogP contribution in [0, 0.1) is 5.92 Å². The van der Waals surface area contributed by atoms with Crippen molar-refractivity contribution in [3.05, 3.63) is 64.9 Å². The third kappa shape index (κ3) is 3.73. The number of hydrogen-bond donors (Lipinski definition) is 1. The second-order valence-corrected chi connectivity index (χ2v) is 7.50. The van der Waals surface area contributed by atoms with Crippen molar-refractivity contribution in [2.45, 2.75) is 13.0 Å². The second-order valence-electron chi connectivity index (χ2n) is 7.09. The van der Waals surface area contributed by atoms with Gasteiger partial charge in [-0.15, -0.1) is 0 Å². The lowest BCUT2D eigenvalue weighted by Gasteiger charge is -2.16. The molecule has 1 saturated heterocycles. The third-order valence-corrected chi connectivity index (χ3v) is 5.48. The highest BCUT2D eigenvalue weighted by molar-refractivity contribution is 6.32. The fourth-order valence-corrected chi connectivity index (χ4v) is 3.93. The van der Waals surface area contributed by atoms with Crippen LogP contribution in [0.15, 0.2) is 52.9 Å². The summed E-state index contributed by atoms with van der Waals surface area (Å²) < 4.78 is 11.9. The number of furan rings is 1. The lowest BCUT2D eigenvalue weighted by molar-refractivity contribution is 0.0754. The molecule has 28 heavy (non-hydrogen) atoms. The van der Waals surface area contributed by atoms with Crippen LogP contribution in [0.3, 0.4) is 0 Å². The van der Waals surface area contributed by atoms with Gasteiger partial charge < -0.3 is 19.4 Å². The summed E-state index contributed by atoms with van der Waals surface area (Å²) in [5, 5.41) is 4.62. The Morgan fingerprint density at radius 2 is 2.04 bits per heavy atom. The first-order valence-electron chi connectivity index (χ1n) is 9.49. The van der Waals surface area contributed by atoms with Crippen molar-refractivity contribution in [3.63, 3.8) is 0 Å². The number of ether oxygens (including phenoxy) is 1. The maximum atomic E-state index is 13.2. The molecule has 1 fully saturated rings. The van der Waals surface area contributed by atoms with E-state index in [-0.39, 0.29) is 12.5 Å². The van der Waals surface area contributed by atoms with Gasteiger partial charge in [0.2, 0.25) is 0 Å². The van der Waals surface area contributed by atoms with E-state index < -0.39 is 0 Å². The zero-order valence-electron chi connectivity index (χ0n) is 15.8. The highest BCUT2D eigenvalue weighted by atomic mass is 35.5. The Labute approximate surface area is 169 Å². The topological polar surface area (TPSA) is 54.7 Å². The number of carbonyl (C=O) groups is 1. The van der Waals surface area contributed by atoms with Crippen LogP contribution in [0.25, 0.3) is 11.0 Å². The zero-order chi connectivity index (χ0) is 19.5. The van der Waals surface area contributed by atoms with E-state index in [0.29, 0.717) is 28.0 Å². The average Bonchev–Trinajstić information content (AvgIpc) is 3.32. The summed E-state index contributed by atoms with van der Waals surface area (Å²) in [7, 11) is 1.94. The molecule has 0 bridgehead atoms. The maximum absolute atomic E-state index is 13.2. The van der Waals surface area contributed by atoms with Crippen LogP contribution in [0.1, 0.15) is 22.5 Å². The molecule has 146 valence electrons. The molecule has 3 aromatic rings. The van der Waals surface area contributed by atoms with Gasteiger partial charge in [0.1, 0.15) is 17.9 Å². The minimum absolute atomic E-state index is 0.0763. The second kappa shape index (κ2) is 8.25. The Bertz CT molecular complexity index is 985. The van der Waals surface area contributed by atoms with Crippen LogP contribution < -0.4 is 10.1 Å². The maximum Gasteiger partial charge on any atom is 0.290 e. The number of likely N-dealkylation sites (tertiary alicyclic amines) is 1. The van der Waals surface area contributed by atoms with Crippen LogP contribution in [-0.2, 0) is 6.61 Å². The molecule has 6 heteroatoms. The van der Waals surface area contributed by atoms with Crippen molar-refractivity contribution in [1.82, 2.24) is 10.2 Å². The van der Waals surface area contributed by atoms with Crippen molar-refractivity contribution in [1.29, 1.82) is 0 Å². The molecule has 1 aromatic heterocycles. The number of benzene rings is 2. The highest BCUT2D eigenvalue weighted by Crippen LogP contribution is 2.31. The Hall–Kier alpha value is -2.50. The molecule has 2 aromatic carbocycles.